The SMILES string of the molecule is COc1ccc(-n2c(CCN)nc3cccnc32)cc1. The van der Waals surface area contributed by atoms with Crippen molar-refractivity contribution in [2.45, 2.75) is 6.42 Å². The molecule has 0 atom stereocenters. The minimum atomic E-state index is 0.555. The third kappa shape index (κ3) is 2.12. The lowest BCUT2D eigenvalue weighted by Gasteiger charge is -2.08. The van der Waals surface area contributed by atoms with E-state index in [1.165, 1.54) is 0 Å². The van der Waals surface area contributed by atoms with Gasteiger partial charge in [0.15, 0.2) is 5.65 Å². The first-order chi connectivity index (χ1) is 9.83. The van der Waals surface area contributed by atoms with Crippen LogP contribution < -0.4 is 10.5 Å². The van der Waals surface area contributed by atoms with E-state index in [2.05, 4.69) is 9.97 Å². The van der Waals surface area contributed by atoms with E-state index in [4.69, 9.17) is 10.5 Å². The number of benzene rings is 1. The third-order valence-electron chi connectivity index (χ3n) is 3.18. The van der Waals surface area contributed by atoms with Gasteiger partial charge in [0.05, 0.1) is 7.11 Å². The van der Waals surface area contributed by atoms with Crippen molar-refractivity contribution in [3.8, 4) is 11.4 Å². The van der Waals surface area contributed by atoms with Crippen LogP contribution in [0.1, 0.15) is 5.82 Å². The van der Waals surface area contributed by atoms with Crippen LogP contribution in [0.4, 0.5) is 0 Å². The number of nitrogens with zero attached hydrogens (tertiary/aromatic N) is 3. The van der Waals surface area contributed by atoms with Gasteiger partial charge in [-0.1, -0.05) is 0 Å². The zero-order valence-electron chi connectivity index (χ0n) is 11.3. The van der Waals surface area contributed by atoms with Gasteiger partial charge in [-0.3, -0.25) is 4.57 Å². The van der Waals surface area contributed by atoms with Crippen LogP contribution in [0.5, 0.6) is 5.75 Å². The Morgan fingerprint density at radius 3 is 2.70 bits per heavy atom. The summed E-state index contributed by atoms with van der Waals surface area (Å²) in [5.41, 5.74) is 8.42. The van der Waals surface area contributed by atoms with E-state index in [1.807, 2.05) is 41.0 Å². The number of hydrogen-bond donors (Lipinski definition) is 1. The highest BCUT2D eigenvalue weighted by molar-refractivity contribution is 5.73. The number of imidazole rings is 1. The van der Waals surface area contributed by atoms with Crippen molar-refractivity contribution in [3.63, 3.8) is 0 Å². The van der Waals surface area contributed by atoms with Gasteiger partial charge in [-0.25, -0.2) is 9.97 Å². The van der Waals surface area contributed by atoms with E-state index < -0.39 is 0 Å². The first-order valence-corrected chi connectivity index (χ1v) is 6.50. The molecule has 0 unspecified atom stereocenters. The van der Waals surface area contributed by atoms with Gasteiger partial charge in [0, 0.05) is 18.3 Å². The molecule has 5 nitrogen and oxygen atoms in total. The molecule has 0 bridgehead atoms. The van der Waals surface area contributed by atoms with Crippen LogP contribution in [0, 0.1) is 0 Å². The maximum Gasteiger partial charge on any atom is 0.164 e. The quantitative estimate of drug-likeness (QED) is 0.785. The van der Waals surface area contributed by atoms with Gasteiger partial charge in [0.1, 0.15) is 17.1 Å². The van der Waals surface area contributed by atoms with Crippen LogP contribution in [-0.2, 0) is 6.42 Å². The molecule has 0 spiro atoms. The second-order valence-electron chi connectivity index (χ2n) is 4.45. The summed E-state index contributed by atoms with van der Waals surface area (Å²) in [6, 6.07) is 11.7. The fraction of sp³-hybridized carbons (Fsp3) is 0.200. The summed E-state index contributed by atoms with van der Waals surface area (Å²) in [6.45, 7) is 0.555. The first kappa shape index (κ1) is 12.6. The summed E-state index contributed by atoms with van der Waals surface area (Å²) >= 11 is 0. The Hall–Kier alpha value is -2.40. The van der Waals surface area contributed by atoms with Gasteiger partial charge in [0.25, 0.3) is 0 Å². The van der Waals surface area contributed by atoms with Crippen molar-refractivity contribution in [2.75, 3.05) is 13.7 Å². The van der Waals surface area contributed by atoms with Crippen LogP contribution in [-0.4, -0.2) is 28.2 Å². The van der Waals surface area contributed by atoms with Gasteiger partial charge in [-0.15, -0.1) is 0 Å². The second kappa shape index (κ2) is 5.30. The highest BCUT2D eigenvalue weighted by atomic mass is 16.5. The van der Waals surface area contributed by atoms with Crippen LogP contribution in [0.25, 0.3) is 16.9 Å². The molecule has 0 aliphatic carbocycles. The Labute approximate surface area is 117 Å². The molecule has 20 heavy (non-hydrogen) atoms. The first-order valence-electron chi connectivity index (χ1n) is 6.50. The predicted molar refractivity (Wildman–Crippen MR) is 78.2 cm³/mol. The Kier molecular flexibility index (Phi) is 3.35. The van der Waals surface area contributed by atoms with Gasteiger partial charge in [-0.2, -0.15) is 0 Å². The summed E-state index contributed by atoms with van der Waals surface area (Å²) in [4.78, 5) is 9.04. The lowest BCUT2D eigenvalue weighted by molar-refractivity contribution is 0.414. The molecule has 0 fully saturated rings. The molecular formula is C15H16N4O. The zero-order valence-corrected chi connectivity index (χ0v) is 11.3. The van der Waals surface area contributed by atoms with Crippen molar-refractivity contribution >= 4 is 11.2 Å². The number of fused-ring (bicyclic) bond motifs is 1. The summed E-state index contributed by atoms with van der Waals surface area (Å²) in [6.07, 6.45) is 2.48. The van der Waals surface area contributed by atoms with Gasteiger partial charge < -0.3 is 10.5 Å². The fourth-order valence-electron chi connectivity index (χ4n) is 2.26. The molecule has 102 valence electrons. The Balaban J connectivity index is 2.18. The highest BCUT2D eigenvalue weighted by Gasteiger charge is 2.12. The van der Waals surface area contributed by atoms with Gasteiger partial charge in [0.2, 0.25) is 0 Å². The molecular weight excluding hydrogens is 252 g/mol. The second-order valence-corrected chi connectivity index (χ2v) is 4.45. The number of aromatic nitrogens is 3. The lowest BCUT2D eigenvalue weighted by Crippen LogP contribution is -2.09. The smallest absolute Gasteiger partial charge is 0.164 e. The minimum absolute atomic E-state index is 0.555. The highest BCUT2D eigenvalue weighted by Crippen LogP contribution is 2.22. The van der Waals surface area contributed by atoms with Crippen LogP contribution in [0.2, 0.25) is 0 Å². The molecule has 3 aromatic rings. The molecule has 5 heteroatoms. The molecule has 2 heterocycles. The van der Waals surface area contributed by atoms with Crippen molar-refractivity contribution in [2.24, 2.45) is 5.73 Å². The van der Waals surface area contributed by atoms with E-state index in [0.29, 0.717) is 13.0 Å². The van der Waals surface area contributed by atoms with E-state index in [0.717, 1.165) is 28.4 Å². The average Bonchev–Trinajstić information content (AvgIpc) is 2.86. The van der Waals surface area contributed by atoms with E-state index in [-0.39, 0.29) is 0 Å². The predicted octanol–water partition coefficient (Wildman–Crippen LogP) is 1.93. The monoisotopic (exact) mass is 268 g/mol. The fourth-order valence-corrected chi connectivity index (χ4v) is 2.26. The lowest BCUT2D eigenvalue weighted by atomic mass is 10.3. The third-order valence-corrected chi connectivity index (χ3v) is 3.18. The Morgan fingerprint density at radius 1 is 1.20 bits per heavy atom. The minimum Gasteiger partial charge on any atom is -0.497 e. The van der Waals surface area contributed by atoms with E-state index >= 15 is 0 Å². The molecule has 0 aliphatic heterocycles. The Bertz CT molecular complexity index is 718. The number of methoxy groups -OCH3 is 1. The normalized spacial score (nSPS) is 10.9. The molecule has 2 aromatic heterocycles. The van der Waals surface area contributed by atoms with Crippen LogP contribution in [0.15, 0.2) is 42.6 Å². The number of hydrogen-bond acceptors (Lipinski definition) is 4. The van der Waals surface area contributed by atoms with E-state index in [1.54, 1.807) is 13.3 Å². The van der Waals surface area contributed by atoms with Gasteiger partial charge in [-0.05, 0) is 42.9 Å². The van der Waals surface area contributed by atoms with Crippen LogP contribution in [0.3, 0.4) is 0 Å². The number of rotatable bonds is 4. The number of ether oxygens (including phenoxy) is 1. The van der Waals surface area contributed by atoms with Crippen molar-refractivity contribution in [1.29, 1.82) is 0 Å². The standard InChI is InChI=1S/C15H16N4O/c1-20-12-6-4-11(5-7-12)19-14(8-9-16)18-13-3-2-10-17-15(13)19/h2-7,10H,8-9,16H2,1H3. The molecule has 0 aliphatic rings. The van der Waals surface area contributed by atoms with Crippen molar-refractivity contribution in [1.82, 2.24) is 14.5 Å². The average molecular weight is 268 g/mol. The van der Waals surface area contributed by atoms with Crippen molar-refractivity contribution < 1.29 is 4.74 Å². The summed E-state index contributed by atoms with van der Waals surface area (Å²) in [7, 11) is 1.66. The Morgan fingerprint density at radius 2 is 2.00 bits per heavy atom. The summed E-state index contributed by atoms with van der Waals surface area (Å²) < 4.78 is 7.23. The maximum absolute atomic E-state index is 5.68. The number of nitrogens with two attached hydrogens (primary N) is 1. The molecule has 0 amide bonds. The molecule has 3 rings (SSSR count). The van der Waals surface area contributed by atoms with E-state index in [9.17, 15) is 0 Å². The van der Waals surface area contributed by atoms with Crippen LogP contribution >= 0.6 is 0 Å². The molecule has 1 aromatic carbocycles. The zero-order chi connectivity index (χ0) is 13.9. The maximum atomic E-state index is 5.68. The molecule has 2 N–H and O–H groups in total. The summed E-state index contributed by atoms with van der Waals surface area (Å²) in [5, 5.41) is 0. The largest absolute Gasteiger partial charge is 0.497 e. The number of pyridine rings is 1. The molecule has 0 saturated carbocycles. The topological polar surface area (TPSA) is 66.0 Å². The molecule has 0 saturated heterocycles. The van der Waals surface area contributed by atoms with Crippen molar-refractivity contribution in [3.05, 3.63) is 48.4 Å². The molecule has 0 radical (unpaired) electrons. The summed E-state index contributed by atoms with van der Waals surface area (Å²) in [5.74, 6) is 1.75. The van der Waals surface area contributed by atoms with Gasteiger partial charge >= 0.3 is 0 Å².